The van der Waals surface area contributed by atoms with Gasteiger partial charge in [-0.25, -0.2) is 0 Å². The summed E-state index contributed by atoms with van der Waals surface area (Å²) in [5, 5.41) is 6.99. The molecule has 0 unspecified atom stereocenters. The van der Waals surface area contributed by atoms with E-state index in [2.05, 4.69) is 50.9 Å². The van der Waals surface area contributed by atoms with Crippen LogP contribution in [0.5, 0.6) is 17.2 Å². The summed E-state index contributed by atoms with van der Waals surface area (Å²) in [4.78, 5) is 6.93. The molecule has 2 N–H and O–H groups in total. The second-order valence-electron chi connectivity index (χ2n) is 7.87. The molecule has 1 aliphatic rings. The van der Waals surface area contributed by atoms with Gasteiger partial charge < -0.3 is 24.8 Å². The Morgan fingerprint density at radius 3 is 2.21 bits per heavy atom. The van der Waals surface area contributed by atoms with Crippen LogP contribution in [0.15, 0.2) is 47.5 Å². The molecule has 0 aromatic heterocycles. The van der Waals surface area contributed by atoms with Crippen molar-refractivity contribution in [3.05, 3.63) is 53.6 Å². The molecular weight excluding hydrogens is 531 g/mol. The van der Waals surface area contributed by atoms with Crippen molar-refractivity contribution in [3.8, 4) is 17.2 Å². The van der Waals surface area contributed by atoms with E-state index in [4.69, 9.17) is 14.2 Å². The van der Waals surface area contributed by atoms with Crippen LogP contribution < -0.4 is 24.8 Å². The lowest BCUT2D eigenvalue weighted by Gasteiger charge is -2.33. The Hall–Kier alpha value is -2.20. The van der Waals surface area contributed by atoms with Crippen LogP contribution >= 0.6 is 24.0 Å². The minimum absolute atomic E-state index is 0. The van der Waals surface area contributed by atoms with E-state index in [0.29, 0.717) is 36.4 Å². The molecule has 0 saturated carbocycles. The number of hydrogen-bond acceptors (Lipinski definition) is 5. The molecule has 33 heavy (non-hydrogen) atoms. The molecule has 1 saturated heterocycles. The molecule has 0 atom stereocenters. The number of hydrogen-bond donors (Lipinski definition) is 2. The Morgan fingerprint density at radius 1 is 1.03 bits per heavy atom. The van der Waals surface area contributed by atoms with Gasteiger partial charge in [0.25, 0.3) is 0 Å². The first-order valence-corrected chi connectivity index (χ1v) is 11.3. The third-order valence-electron chi connectivity index (χ3n) is 5.67. The normalized spacial score (nSPS) is 14.8. The number of piperidine rings is 1. The zero-order valence-corrected chi connectivity index (χ0v) is 22.4. The minimum atomic E-state index is 0. The molecule has 1 aliphatic heterocycles. The summed E-state index contributed by atoms with van der Waals surface area (Å²) in [7, 11) is 5.08. The number of benzene rings is 2. The Labute approximate surface area is 214 Å². The number of rotatable bonds is 9. The van der Waals surface area contributed by atoms with Crippen molar-refractivity contribution in [1.29, 1.82) is 0 Å². The Bertz CT molecular complexity index is 846. The van der Waals surface area contributed by atoms with Gasteiger partial charge in [0.2, 0.25) is 5.75 Å². The van der Waals surface area contributed by atoms with Crippen LogP contribution in [0.25, 0.3) is 0 Å². The average Bonchev–Trinajstić information content (AvgIpc) is 2.84. The summed E-state index contributed by atoms with van der Waals surface area (Å²) >= 11 is 0. The highest BCUT2D eigenvalue weighted by Gasteiger charge is 2.20. The Morgan fingerprint density at radius 2 is 1.67 bits per heavy atom. The van der Waals surface area contributed by atoms with Crippen LogP contribution in [0, 0.1) is 0 Å². The van der Waals surface area contributed by atoms with Crippen LogP contribution in [-0.2, 0) is 13.1 Å². The molecule has 2 aromatic rings. The predicted molar refractivity (Wildman–Crippen MR) is 144 cm³/mol. The van der Waals surface area contributed by atoms with Crippen LogP contribution in [0.2, 0.25) is 0 Å². The molecule has 0 aliphatic carbocycles. The second kappa shape index (κ2) is 14.1. The molecule has 1 heterocycles. The molecule has 2 aromatic carbocycles. The molecule has 0 spiro atoms. The lowest BCUT2D eigenvalue weighted by Crippen LogP contribution is -2.48. The summed E-state index contributed by atoms with van der Waals surface area (Å²) in [5.74, 6) is 2.76. The first-order valence-electron chi connectivity index (χ1n) is 11.3. The minimum Gasteiger partial charge on any atom is -0.493 e. The van der Waals surface area contributed by atoms with Gasteiger partial charge in [0.05, 0.1) is 20.8 Å². The lowest BCUT2D eigenvalue weighted by molar-refractivity contribution is 0.198. The van der Waals surface area contributed by atoms with Crippen molar-refractivity contribution in [2.45, 2.75) is 38.9 Å². The highest BCUT2D eigenvalue weighted by Crippen LogP contribution is 2.38. The number of ether oxygens (including phenoxy) is 3. The van der Waals surface area contributed by atoms with Crippen molar-refractivity contribution >= 4 is 29.9 Å². The highest BCUT2D eigenvalue weighted by molar-refractivity contribution is 14.0. The molecule has 1 fully saturated rings. The Balaban J connectivity index is 0.00000385. The van der Waals surface area contributed by atoms with Gasteiger partial charge in [0, 0.05) is 39.3 Å². The smallest absolute Gasteiger partial charge is 0.203 e. The predicted octanol–water partition coefficient (Wildman–Crippen LogP) is 4.05. The van der Waals surface area contributed by atoms with E-state index >= 15 is 0 Å². The maximum atomic E-state index is 5.69. The van der Waals surface area contributed by atoms with Crippen LogP contribution in [0.3, 0.4) is 0 Å². The molecule has 182 valence electrons. The molecular formula is C25H37IN4O3. The average molecular weight is 569 g/mol. The summed E-state index contributed by atoms with van der Waals surface area (Å²) in [6.07, 6.45) is 2.19. The van der Waals surface area contributed by atoms with E-state index in [1.165, 1.54) is 5.56 Å². The van der Waals surface area contributed by atoms with Gasteiger partial charge in [-0.3, -0.25) is 9.89 Å². The van der Waals surface area contributed by atoms with E-state index in [9.17, 15) is 0 Å². The van der Waals surface area contributed by atoms with Crippen molar-refractivity contribution in [2.75, 3.05) is 41.0 Å². The first kappa shape index (κ1) is 27.0. The molecule has 3 rings (SSSR count). The standard InChI is InChI=1S/C25H36N4O3.HI/c1-5-32-24-22(30-3)15-20(16-23(24)31-4)17-27-25(26-2)28-21-11-13-29(14-12-21)18-19-9-7-6-8-10-19;/h6-10,15-16,21H,5,11-14,17-18H2,1-4H3,(H2,26,27,28);1H. The number of guanidine groups is 1. The van der Waals surface area contributed by atoms with Gasteiger partial charge in [-0.1, -0.05) is 30.3 Å². The largest absolute Gasteiger partial charge is 0.493 e. The number of halogens is 1. The number of aliphatic imine (C=N–C) groups is 1. The number of likely N-dealkylation sites (tertiary alicyclic amines) is 1. The summed E-state index contributed by atoms with van der Waals surface area (Å²) in [5.41, 5.74) is 2.40. The van der Waals surface area contributed by atoms with Crippen LogP contribution in [-0.4, -0.2) is 57.9 Å². The quantitative estimate of drug-likeness (QED) is 0.271. The fraction of sp³-hybridized carbons (Fsp3) is 0.480. The fourth-order valence-corrected chi connectivity index (χ4v) is 3.97. The maximum absolute atomic E-state index is 5.69. The van der Waals surface area contributed by atoms with Gasteiger partial charge in [-0.2, -0.15) is 0 Å². The number of nitrogens with one attached hydrogen (secondary N) is 2. The number of nitrogens with zero attached hydrogens (tertiary/aromatic N) is 2. The Kier molecular flexibility index (Phi) is 11.6. The summed E-state index contributed by atoms with van der Waals surface area (Å²) in [6, 6.07) is 15.0. The summed E-state index contributed by atoms with van der Waals surface area (Å²) in [6.45, 7) is 6.27. The third kappa shape index (κ3) is 7.96. The summed E-state index contributed by atoms with van der Waals surface area (Å²) < 4.78 is 16.7. The van der Waals surface area contributed by atoms with Crippen molar-refractivity contribution in [2.24, 2.45) is 4.99 Å². The van der Waals surface area contributed by atoms with E-state index < -0.39 is 0 Å². The zero-order valence-electron chi connectivity index (χ0n) is 20.1. The SMILES string of the molecule is CCOc1c(OC)cc(CNC(=NC)NC2CCN(Cc3ccccc3)CC2)cc1OC.I. The molecule has 0 amide bonds. The van der Waals surface area contributed by atoms with Crippen LogP contribution in [0.4, 0.5) is 0 Å². The van der Waals surface area contributed by atoms with Gasteiger partial charge in [0.15, 0.2) is 17.5 Å². The fourth-order valence-electron chi connectivity index (χ4n) is 3.97. The van der Waals surface area contributed by atoms with E-state index in [0.717, 1.165) is 44.0 Å². The molecule has 0 radical (unpaired) electrons. The van der Waals surface area contributed by atoms with E-state index in [1.54, 1.807) is 21.3 Å². The van der Waals surface area contributed by atoms with Gasteiger partial charge >= 0.3 is 0 Å². The van der Waals surface area contributed by atoms with Crippen molar-refractivity contribution in [3.63, 3.8) is 0 Å². The van der Waals surface area contributed by atoms with E-state index in [1.807, 2.05) is 19.1 Å². The lowest BCUT2D eigenvalue weighted by atomic mass is 10.0. The molecule has 0 bridgehead atoms. The monoisotopic (exact) mass is 568 g/mol. The van der Waals surface area contributed by atoms with Gasteiger partial charge in [-0.05, 0) is 43.0 Å². The zero-order chi connectivity index (χ0) is 22.8. The maximum Gasteiger partial charge on any atom is 0.203 e. The number of methoxy groups -OCH3 is 2. The topological polar surface area (TPSA) is 67.4 Å². The molecule has 7 nitrogen and oxygen atoms in total. The van der Waals surface area contributed by atoms with E-state index in [-0.39, 0.29) is 24.0 Å². The molecule has 8 heteroatoms. The van der Waals surface area contributed by atoms with Gasteiger partial charge in [-0.15, -0.1) is 24.0 Å². The van der Waals surface area contributed by atoms with Crippen molar-refractivity contribution < 1.29 is 14.2 Å². The second-order valence-corrected chi connectivity index (χ2v) is 7.87. The highest BCUT2D eigenvalue weighted by atomic mass is 127. The van der Waals surface area contributed by atoms with Gasteiger partial charge in [0.1, 0.15) is 0 Å². The van der Waals surface area contributed by atoms with Crippen LogP contribution in [0.1, 0.15) is 30.9 Å². The van der Waals surface area contributed by atoms with Crippen molar-refractivity contribution in [1.82, 2.24) is 15.5 Å². The first-order chi connectivity index (χ1) is 15.7. The third-order valence-corrected chi connectivity index (χ3v) is 5.67.